The molecule has 0 bridgehead atoms. The first-order chi connectivity index (χ1) is 10.1. The number of benzene rings is 1. The van der Waals surface area contributed by atoms with E-state index >= 15 is 0 Å². The van der Waals surface area contributed by atoms with Gasteiger partial charge in [0.05, 0.1) is 5.69 Å². The Bertz CT molecular complexity index is 609. The summed E-state index contributed by atoms with van der Waals surface area (Å²) in [7, 11) is 0. The zero-order valence-corrected chi connectivity index (χ0v) is 12.4. The molecule has 2 rings (SSSR count). The highest BCUT2D eigenvalue weighted by Gasteiger charge is 2.07. The van der Waals surface area contributed by atoms with Gasteiger partial charge >= 0.3 is 0 Å². The predicted molar refractivity (Wildman–Crippen MR) is 84.4 cm³/mol. The van der Waals surface area contributed by atoms with Gasteiger partial charge in [0.1, 0.15) is 0 Å². The van der Waals surface area contributed by atoms with Crippen molar-refractivity contribution >= 4 is 11.6 Å². The van der Waals surface area contributed by atoms with Crippen LogP contribution in [-0.2, 0) is 6.54 Å². The average Bonchev–Trinajstić information content (AvgIpc) is 2.82. The fourth-order valence-electron chi connectivity index (χ4n) is 2.03. The number of carbonyl (C=O) groups is 1. The van der Waals surface area contributed by atoms with Crippen LogP contribution < -0.4 is 10.6 Å². The molecule has 0 saturated heterocycles. The Morgan fingerprint density at radius 2 is 2.05 bits per heavy atom. The van der Waals surface area contributed by atoms with E-state index in [4.69, 9.17) is 0 Å². The Hall–Kier alpha value is -2.56. The standard InChI is InChI=1S/C16H20N4O/c1-4-9-17-16(21)13-5-7-14(8-6-13)18-10-15-11(2)19-20-12(15)3/h4-8,18H,1,9-10H2,2-3H3,(H,17,21)(H,19,20). The van der Waals surface area contributed by atoms with Crippen LogP contribution in [0.2, 0.25) is 0 Å². The second-order valence-corrected chi connectivity index (χ2v) is 4.84. The Labute approximate surface area is 124 Å². The molecule has 3 N–H and O–H groups in total. The highest BCUT2D eigenvalue weighted by molar-refractivity contribution is 5.94. The van der Waals surface area contributed by atoms with Gasteiger partial charge in [0.15, 0.2) is 0 Å². The summed E-state index contributed by atoms with van der Waals surface area (Å²) in [6.07, 6.45) is 1.66. The minimum atomic E-state index is -0.0945. The Morgan fingerprint density at radius 3 is 2.62 bits per heavy atom. The fraction of sp³-hybridized carbons (Fsp3) is 0.250. The van der Waals surface area contributed by atoms with Crippen molar-refractivity contribution in [2.75, 3.05) is 11.9 Å². The molecule has 1 aromatic heterocycles. The molecule has 5 heteroatoms. The van der Waals surface area contributed by atoms with Gasteiger partial charge in [-0.3, -0.25) is 9.89 Å². The average molecular weight is 284 g/mol. The molecule has 0 saturated carbocycles. The maximum absolute atomic E-state index is 11.8. The minimum Gasteiger partial charge on any atom is -0.381 e. The van der Waals surface area contributed by atoms with E-state index in [-0.39, 0.29) is 5.91 Å². The van der Waals surface area contributed by atoms with Gasteiger partial charge < -0.3 is 10.6 Å². The fourth-order valence-corrected chi connectivity index (χ4v) is 2.03. The van der Waals surface area contributed by atoms with E-state index in [1.165, 1.54) is 5.56 Å². The molecular weight excluding hydrogens is 264 g/mol. The van der Waals surface area contributed by atoms with Crippen molar-refractivity contribution < 1.29 is 4.79 Å². The van der Waals surface area contributed by atoms with Gasteiger partial charge in [0, 0.05) is 35.6 Å². The number of aromatic amines is 1. The molecule has 21 heavy (non-hydrogen) atoms. The molecule has 0 aliphatic carbocycles. The number of amides is 1. The molecule has 0 aliphatic heterocycles. The van der Waals surface area contributed by atoms with E-state index in [0.717, 1.165) is 17.1 Å². The Balaban J connectivity index is 1.96. The summed E-state index contributed by atoms with van der Waals surface area (Å²) in [5.74, 6) is -0.0945. The van der Waals surface area contributed by atoms with Gasteiger partial charge in [-0.15, -0.1) is 6.58 Å². The summed E-state index contributed by atoms with van der Waals surface area (Å²) in [6, 6.07) is 7.40. The van der Waals surface area contributed by atoms with E-state index in [0.29, 0.717) is 18.7 Å². The van der Waals surface area contributed by atoms with Crippen molar-refractivity contribution in [3.63, 3.8) is 0 Å². The van der Waals surface area contributed by atoms with Crippen molar-refractivity contribution in [1.82, 2.24) is 15.5 Å². The van der Waals surface area contributed by atoms with Crippen molar-refractivity contribution in [2.45, 2.75) is 20.4 Å². The van der Waals surface area contributed by atoms with Crippen LogP contribution >= 0.6 is 0 Å². The lowest BCUT2D eigenvalue weighted by Gasteiger charge is -2.08. The van der Waals surface area contributed by atoms with E-state index < -0.39 is 0 Å². The molecule has 110 valence electrons. The lowest BCUT2D eigenvalue weighted by atomic mass is 10.1. The second-order valence-electron chi connectivity index (χ2n) is 4.84. The molecule has 5 nitrogen and oxygen atoms in total. The summed E-state index contributed by atoms with van der Waals surface area (Å²) in [5.41, 5.74) is 4.84. The molecule has 0 atom stereocenters. The molecule has 0 aliphatic rings. The van der Waals surface area contributed by atoms with Crippen molar-refractivity contribution in [3.8, 4) is 0 Å². The molecule has 1 aromatic carbocycles. The predicted octanol–water partition coefficient (Wildman–Crippen LogP) is 2.55. The van der Waals surface area contributed by atoms with E-state index in [1.54, 1.807) is 18.2 Å². The van der Waals surface area contributed by atoms with Crippen molar-refractivity contribution in [1.29, 1.82) is 0 Å². The van der Waals surface area contributed by atoms with Crippen LogP contribution in [0.3, 0.4) is 0 Å². The van der Waals surface area contributed by atoms with Crippen LogP contribution in [-0.4, -0.2) is 22.6 Å². The van der Waals surface area contributed by atoms with Gasteiger partial charge in [0.25, 0.3) is 5.91 Å². The number of hydrogen-bond acceptors (Lipinski definition) is 3. The topological polar surface area (TPSA) is 69.8 Å². The normalized spacial score (nSPS) is 10.2. The highest BCUT2D eigenvalue weighted by Crippen LogP contribution is 2.14. The third-order valence-corrected chi connectivity index (χ3v) is 3.30. The molecule has 0 unspecified atom stereocenters. The maximum atomic E-state index is 11.8. The zero-order valence-electron chi connectivity index (χ0n) is 12.4. The number of hydrogen-bond donors (Lipinski definition) is 3. The van der Waals surface area contributed by atoms with Crippen molar-refractivity contribution in [3.05, 3.63) is 59.4 Å². The third-order valence-electron chi connectivity index (χ3n) is 3.30. The van der Waals surface area contributed by atoms with Crippen LogP contribution in [0.4, 0.5) is 5.69 Å². The quantitative estimate of drug-likeness (QED) is 0.714. The van der Waals surface area contributed by atoms with Crippen LogP contribution in [0, 0.1) is 13.8 Å². The van der Waals surface area contributed by atoms with E-state index in [9.17, 15) is 4.79 Å². The minimum absolute atomic E-state index is 0.0945. The van der Waals surface area contributed by atoms with Gasteiger partial charge in [-0.1, -0.05) is 6.08 Å². The number of aryl methyl sites for hydroxylation is 2. The van der Waals surface area contributed by atoms with E-state index in [2.05, 4.69) is 27.4 Å². The first kappa shape index (κ1) is 14.8. The molecular formula is C16H20N4O. The smallest absolute Gasteiger partial charge is 0.251 e. The summed E-state index contributed by atoms with van der Waals surface area (Å²) in [4.78, 5) is 11.8. The largest absolute Gasteiger partial charge is 0.381 e. The van der Waals surface area contributed by atoms with Crippen LogP contribution in [0.5, 0.6) is 0 Å². The molecule has 0 fully saturated rings. The summed E-state index contributed by atoms with van der Waals surface area (Å²) in [5, 5.41) is 13.2. The number of nitrogens with zero attached hydrogens (tertiary/aromatic N) is 1. The SMILES string of the molecule is C=CCNC(=O)c1ccc(NCc2c(C)n[nH]c2C)cc1. The van der Waals surface area contributed by atoms with Gasteiger partial charge in [-0.2, -0.15) is 5.10 Å². The van der Waals surface area contributed by atoms with E-state index in [1.807, 2.05) is 26.0 Å². The third kappa shape index (κ3) is 3.72. The molecule has 0 radical (unpaired) electrons. The Morgan fingerprint density at radius 1 is 1.33 bits per heavy atom. The highest BCUT2D eigenvalue weighted by atomic mass is 16.1. The van der Waals surface area contributed by atoms with Gasteiger partial charge in [-0.25, -0.2) is 0 Å². The maximum Gasteiger partial charge on any atom is 0.251 e. The lowest BCUT2D eigenvalue weighted by molar-refractivity contribution is 0.0958. The number of rotatable bonds is 6. The van der Waals surface area contributed by atoms with Crippen molar-refractivity contribution in [2.24, 2.45) is 0 Å². The monoisotopic (exact) mass is 284 g/mol. The number of anilines is 1. The lowest BCUT2D eigenvalue weighted by Crippen LogP contribution is -2.23. The first-order valence-corrected chi connectivity index (χ1v) is 6.85. The molecule has 1 heterocycles. The second kappa shape index (κ2) is 6.74. The molecule has 0 spiro atoms. The summed E-state index contributed by atoms with van der Waals surface area (Å²) >= 11 is 0. The number of nitrogens with one attached hydrogen (secondary N) is 3. The van der Waals surface area contributed by atoms with Gasteiger partial charge in [-0.05, 0) is 38.1 Å². The first-order valence-electron chi connectivity index (χ1n) is 6.85. The summed E-state index contributed by atoms with van der Waals surface area (Å²) < 4.78 is 0. The number of H-pyrrole nitrogens is 1. The van der Waals surface area contributed by atoms with Crippen LogP contribution in [0.1, 0.15) is 27.3 Å². The Kier molecular flexibility index (Phi) is 4.77. The van der Waals surface area contributed by atoms with Gasteiger partial charge in [0.2, 0.25) is 0 Å². The number of carbonyl (C=O) groups excluding carboxylic acids is 1. The van der Waals surface area contributed by atoms with Crippen LogP contribution in [0.15, 0.2) is 36.9 Å². The molecule has 1 amide bonds. The number of aromatic nitrogens is 2. The zero-order chi connectivity index (χ0) is 15.2. The summed E-state index contributed by atoms with van der Waals surface area (Å²) in [6.45, 7) is 8.73. The van der Waals surface area contributed by atoms with Crippen LogP contribution in [0.25, 0.3) is 0 Å². The molecule has 2 aromatic rings.